The third kappa shape index (κ3) is 2.66. The Hall–Kier alpha value is -0.980. The van der Waals surface area contributed by atoms with Crippen molar-refractivity contribution in [1.29, 1.82) is 0 Å². The Kier molecular flexibility index (Phi) is 3.45. The number of fused-ring (bicyclic) bond motifs is 1. The molecule has 0 amide bonds. The highest BCUT2D eigenvalue weighted by Gasteiger charge is 2.33. The van der Waals surface area contributed by atoms with E-state index in [1.54, 1.807) is 0 Å². The molecular weight excluding hydrogens is 232 g/mol. The molecule has 1 nitrogen and oxygen atoms in total. The quantitative estimate of drug-likeness (QED) is 0.677. The Labute approximate surface area is 118 Å². The fourth-order valence-electron chi connectivity index (χ4n) is 2.74. The van der Waals surface area contributed by atoms with Crippen LogP contribution in [0.15, 0.2) is 12.1 Å². The predicted molar refractivity (Wildman–Crippen MR) is 82.4 cm³/mol. The smallest absolute Gasteiger partial charge is 0.126 e. The molecule has 1 aliphatic rings. The molecule has 0 radical (unpaired) electrons. The van der Waals surface area contributed by atoms with Gasteiger partial charge in [-0.25, -0.2) is 0 Å². The summed E-state index contributed by atoms with van der Waals surface area (Å²) in [6.45, 7) is 16.9. The summed E-state index contributed by atoms with van der Waals surface area (Å²) in [5, 5.41) is 0. The summed E-state index contributed by atoms with van der Waals surface area (Å²) in [4.78, 5) is 0. The summed E-state index contributed by atoms with van der Waals surface area (Å²) in [5.41, 5.74) is 4.54. The third-order valence-corrected chi connectivity index (χ3v) is 4.29. The molecule has 0 atom stereocenters. The van der Waals surface area contributed by atoms with Crippen LogP contribution in [0.3, 0.4) is 0 Å². The van der Waals surface area contributed by atoms with E-state index in [4.69, 9.17) is 4.74 Å². The minimum atomic E-state index is 0.127. The van der Waals surface area contributed by atoms with Crippen LogP contribution >= 0.6 is 0 Å². The van der Waals surface area contributed by atoms with Gasteiger partial charge in [-0.1, -0.05) is 60.6 Å². The van der Waals surface area contributed by atoms with E-state index < -0.39 is 0 Å². The highest BCUT2D eigenvalue weighted by atomic mass is 16.5. The van der Waals surface area contributed by atoms with E-state index in [1.165, 1.54) is 16.7 Å². The zero-order valence-corrected chi connectivity index (χ0v) is 13.6. The van der Waals surface area contributed by atoms with E-state index in [0.29, 0.717) is 5.92 Å². The summed E-state index contributed by atoms with van der Waals surface area (Å²) >= 11 is 0. The minimum Gasteiger partial charge on any atom is -0.493 e. The number of benzene rings is 1. The van der Waals surface area contributed by atoms with Crippen LogP contribution in [0.25, 0.3) is 0 Å². The molecule has 0 bridgehead atoms. The Bertz CT molecular complexity index is 458. The van der Waals surface area contributed by atoms with Gasteiger partial charge in [0, 0.05) is 11.1 Å². The van der Waals surface area contributed by atoms with Crippen LogP contribution in [0.4, 0.5) is 0 Å². The van der Waals surface area contributed by atoms with Crippen molar-refractivity contribution in [1.82, 2.24) is 0 Å². The molecule has 1 aromatic carbocycles. The third-order valence-electron chi connectivity index (χ3n) is 4.29. The van der Waals surface area contributed by atoms with E-state index in [0.717, 1.165) is 18.8 Å². The molecule has 0 aromatic heterocycles. The molecule has 2 rings (SSSR count). The second kappa shape index (κ2) is 4.54. The summed E-state index contributed by atoms with van der Waals surface area (Å²) in [6, 6.07) is 4.72. The predicted octanol–water partition coefficient (Wildman–Crippen LogP) is 5.17. The van der Waals surface area contributed by atoms with Crippen molar-refractivity contribution in [2.75, 3.05) is 6.61 Å². The van der Waals surface area contributed by atoms with Crippen molar-refractivity contribution < 1.29 is 4.74 Å². The zero-order valence-electron chi connectivity index (χ0n) is 13.6. The van der Waals surface area contributed by atoms with Crippen LogP contribution in [0, 0.1) is 0 Å². The first-order chi connectivity index (χ1) is 8.63. The van der Waals surface area contributed by atoms with Crippen molar-refractivity contribution in [3.8, 4) is 5.75 Å². The van der Waals surface area contributed by atoms with Gasteiger partial charge in [0.25, 0.3) is 0 Å². The molecule has 0 aliphatic carbocycles. The van der Waals surface area contributed by atoms with Gasteiger partial charge in [0.2, 0.25) is 0 Å². The molecule has 0 N–H and O–H groups in total. The normalized spacial score (nSPS) is 18.1. The maximum absolute atomic E-state index is 6.05. The molecule has 19 heavy (non-hydrogen) atoms. The van der Waals surface area contributed by atoms with Crippen LogP contribution in [0.5, 0.6) is 5.75 Å². The van der Waals surface area contributed by atoms with Gasteiger partial charge in [0.15, 0.2) is 0 Å². The molecule has 0 saturated heterocycles. The molecule has 1 aliphatic heterocycles. The second-order valence-corrected chi connectivity index (χ2v) is 7.83. The number of hydrogen-bond donors (Lipinski definition) is 0. The van der Waals surface area contributed by atoms with Crippen LogP contribution in [-0.4, -0.2) is 6.61 Å². The first-order valence-corrected chi connectivity index (χ1v) is 7.44. The lowest BCUT2D eigenvalue weighted by atomic mass is 9.74. The lowest BCUT2D eigenvalue weighted by Gasteiger charge is -2.37. The highest BCUT2D eigenvalue weighted by molar-refractivity contribution is 5.52. The topological polar surface area (TPSA) is 9.23 Å². The van der Waals surface area contributed by atoms with E-state index in [9.17, 15) is 0 Å². The summed E-state index contributed by atoms with van der Waals surface area (Å²) < 4.78 is 6.05. The average Bonchev–Trinajstić information content (AvgIpc) is 2.26. The van der Waals surface area contributed by atoms with Crippen LogP contribution < -0.4 is 4.74 Å². The Balaban J connectivity index is 2.71. The summed E-state index contributed by atoms with van der Waals surface area (Å²) in [6.07, 6.45) is 1.10. The van der Waals surface area contributed by atoms with Crippen LogP contribution in [-0.2, 0) is 10.8 Å². The lowest BCUT2D eigenvalue weighted by Crippen LogP contribution is -2.29. The Morgan fingerprint density at radius 2 is 1.79 bits per heavy atom. The zero-order chi connectivity index (χ0) is 14.4. The molecule has 0 spiro atoms. The van der Waals surface area contributed by atoms with Gasteiger partial charge >= 0.3 is 0 Å². The maximum atomic E-state index is 6.05. The molecule has 0 saturated carbocycles. The van der Waals surface area contributed by atoms with Crippen LogP contribution in [0.1, 0.15) is 77.5 Å². The highest BCUT2D eigenvalue weighted by Crippen LogP contribution is 2.45. The number of rotatable bonds is 1. The lowest BCUT2D eigenvalue weighted by molar-refractivity contribution is 0.228. The standard InChI is InChI=1S/C18H28O/c1-12(2)13-10-14(17(3,4)5)16-15(11-13)18(6,7)8-9-19-16/h10-12H,8-9H2,1-7H3. The van der Waals surface area contributed by atoms with Gasteiger partial charge < -0.3 is 4.74 Å². The van der Waals surface area contributed by atoms with Gasteiger partial charge in [0.1, 0.15) is 5.75 Å². The summed E-state index contributed by atoms with van der Waals surface area (Å²) in [7, 11) is 0. The van der Waals surface area contributed by atoms with E-state index >= 15 is 0 Å². The first-order valence-electron chi connectivity index (χ1n) is 7.44. The largest absolute Gasteiger partial charge is 0.493 e. The van der Waals surface area contributed by atoms with Crippen LogP contribution in [0.2, 0.25) is 0 Å². The van der Waals surface area contributed by atoms with Gasteiger partial charge in [-0.15, -0.1) is 0 Å². The second-order valence-electron chi connectivity index (χ2n) is 7.83. The summed E-state index contributed by atoms with van der Waals surface area (Å²) in [5.74, 6) is 1.71. The van der Waals surface area contributed by atoms with Crippen molar-refractivity contribution >= 4 is 0 Å². The van der Waals surface area contributed by atoms with E-state index in [2.05, 4.69) is 60.6 Å². The first kappa shape index (κ1) is 14.4. The molecule has 0 fully saturated rings. The molecule has 106 valence electrons. The molecular formula is C18H28O. The van der Waals surface area contributed by atoms with Crippen molar-refractivity contribution in [3.63, 3.8) is 0 Å². The Morgan fingerprint density at radius 3 is 2.32 bits per heavy atom. The van der Waals surface area contributed by atoms with Crippen molar-refractivity contribution in [2.45, 2.75) is 71.6 Å². The molecule has 1 heterocycles. The van der Waals surface area contributed by atoms with E-state index in [1.807, 2.05) is 0 Å². The molecule has 1 aromatic rings. The van der Waals surface area contributed by atoms with Gasteiger partial charge in [-0.3, -0.25) is 0 Å². The van der Waals surface area contributed by atoms with Crippen molar-refractivity contribution in [3.05, 3.63) is 28.8 Å². The maximum Gasteiger partial charge on any atom is 0.126 e. The van der Waals surface area contributed by atoms with Gasteiger partial charge in [0.05, 0.1) is 6.61 Å². The fourth-order valence-corrected chi connectivity index (χ4v) is 2.74. The minimum absolute atomic E-state index is 0.127. The number of hydrogen-bond acceptors (Lipinski definition) is 1. The van der Waals surface area contributed by atoms with Crippen molar-refractivity contribution in [2.24, 2.45) is 0 Å². The fraction of sp³-hybridized carbons (Fsp3) is 0.667. The molecule has 1 heteroatoms. The van der Waals surface area contributed by atoms with Gasteiger partial charge in [-0.2, -0.15) is 0 Å². The number of ether oxygens (including phenoxy) is 1. The Morgan fingerprint density at radius 1 is 1.16 bits per heavy atom. The SMILES string of the molecule is CC(C)c1cc(C(C)(C)C)c2c(c1)C(C)(C)CCO2. The average molecular weight is 260 g/mol. The van der Waals surface area contributed by atoms with E-state index in [-0.39, 0.29) is 10.8 Å². The monoisotopic (exact) mass is 260 g/mol. The molecule has 0 unspecified atom stereocenters. The van der Waals surface area contributed by atoms with Gasteiger partial charge in [-0.05, 0) is 28.7 Å².